The van der Waals surface area contributed by atoms with Crippen LogP contribution < -0.4 is 15.6 Å². The molecule has 1 aromatic heterocycles. The van der Waals surface area contributed by atoms with Gasteiger partial charge >= 0.3 is 0 Å². The number of fused-ring (bicyclic) bond motifs is 1. The number of nitrogens with zero attached hydrogens (tertiary/aromatic N) is 2. The minimum Gasteiger partial charge on any atom is -0.492 e. The fourth-order valence-electron chi connectivity index (χ4n) is 4.81. The molecule has 2 atom stereocenters. The van der Waals surface area contributed by atoms with E-state index in [-0.39, 0.29) is 18.1 Å². The van der Waals surface area contributed by atoms with Crippen molar-refractivity contribution in [3.05, 3.63) is 53.6 Å². The van der Waals surface area contributed by atoms with Gasteiger partial charge in [0.15, 0.2) is 5.58 Å². The third-order valence-corrected chi connectivity index (χ3v) is 6.41. The molecule has 184 valence electrons. The lowest BCUT2D eigenvalue weighted by molar-refractivity contribution is -0.121. The number of hydrogen-bond acceptors (Lipinski definition) is 7. The van der Waals surface area contributed by atoms with Gasteiger partial charge in [-0.15, -0.1) is 0 Å². The highest BCUT2D eigenvalue weighted by atomic mass is 16.5. The molecule has 2 N–H and O–H groups in total. The summed E-state index contributed by atoms with van der Waals surface area (Å²) < 4.78 is 18.0. The molecule has 2 aliphatic heterocycles. The SMILES string of the molecule is CCC1=C(c2ccc3nc(-c4cccc(OCCN5CC(C)OC(C)C5)c4)oc3c2)NNC(=O)C1. The van der Waals surface area contributed by atoms with Crippen LogP contribution in [-0.2, 0) is 9.53 Å². The smallest absolute Gasteiger partial charge is 0.242 e. The highest BCUT2D eigenvalue weighted by Crippen LogP contribution is 2.30. The van der Waals surface area contributed by atoms with Gasteiger partial charge in [-0.25, -0.2) is 4.98 Å². The Morgan fingerprint density at radius 3 is 2.71 bits per heavy atom. The molecule has 0 spiro atoms. The summed E-state index contributed by atoms with van der Waals surface area (Å²) in [6.07, 6.45) is 1.69. The third kappa shape index (κ3) is 5.33. The van der Waals surface area contributed by atoms with Gasteiger partial charge in [-0.05, 0) is 56.2 Å². The van der Waals surface area contributed by atoms with E-state index >= 15 is 0 Å². The Morgan fingerprint density at radius 2 is 1.91 bits per heavy atom. The Bertz CT molecular complexity index is 1240. The first-order chi connectivity index (χ1) is 17.0. The summed E-state index contributed by atoms with van der Waals surface area (Å²) in [5.41, 5.74) is 11.0. The molecular weight excluding hydrogens is 444 g/mol. The maximum absolute atomic E-state index is 11.7. The zero-order valence-electron chi connectivity index (χ0n) is 20.5. The van der Waals surface area contributed by atoms with E-state index in [4.69, 9.17) is 13.9 Å². The van der Waals surface area contributed by atoms with Crippen molar-refractivity contribution in [3.63, 3.8) is 0 Å². The van der Waals surface area contributed by atoms with Gasteiger partial charge in [0.05, 0.1) is 24.3 Å². The normalized spacial score (nSPS) is 21.2. The minimum absolute atomic E-state index is 0.0233. The largest absolute Gasteiger partial charge is 0.492 e. The maximum Gasteiger partial charge on any atom is 0.242 e. The number of carbonyl (C=O) groups excluding carboxylic acids is 1. The van der Waals surface area contributed by atoms with E-state index < -0.39 is 0 Å². The summed E-state index contributed by atoms with van der Waals surface area (Å²) in [7, 11) is 0. The van der Waals surface area contributed by atoms with Crippen LogP contribution in [0.2, 0.25) is 0 Å². The molecule has 0 bridgehead atoms. The molecule has 3 heterocycles. The number of amides is 1. The Labute approximate surface area is 205 Å². The van der Waals surface area contributed by atoms with Gasteiger partial charge in [-0.2, -0.15) is 0 Å². The molecule has 1 fully saturated rings. The van der Waals surface area contributed by atoms with E-state index in [0.717, 1.165) is 59.7 Å². The van der Waals surface area contributed by atoms with E-state index in [2.05, 4.69) is 41.5 Å². The van der Waals surface area contributed by atoms with Crippen LogP contribution in [0.3, 0.4) is 0 Å². The lowest BCUT2D eigenvalue weighted by Crippen LogP contribution is -2.46. The molecule has 1 amide bonds. The molecule has 0 aliphatic carbocycles. The molecule has 0 radical (unpaired) electrons. The fraction of sp³-hybridized carbons (Fsp3) is 0.407. The topological polar surface area (TPSA) is 88.9 Å². The zero-order valence-corrected chi connectivity index (χ0v) is 20.5. The van der Waals surface area contributed by atoms with Crippen LogP contribution in [0.5, 0.6) is 5.75 Å². The molecule has 2 aromatic carbocycles. The van der Waals surface area contributed by atoms with Crippen LogP contribution in [-0.4, -0.2) is 54.2 Å². The predicted molar refractivity (Wildman–Crippen MR) is 134 cm³/mol. The maximum atomic E-state index is 11.7. The van der Waals surface area contributed by atoms with E-state index in [1.54, 1.807) is 0 Å². The average molecular weight is 477 g/mol. The number of hydrazine groups is 1. The molecule has 1 saturated heterocycles. The second kappa shape index (κ2) is 10.1. The number of benzene rings is 2. The molecule has 0 saturated carbocycles. The minimum atomic E-state index is -0.0233. The van der Waals surface area contributed by atoms with Crippen LogP contribution in [0, 0.1) is 0 Å². The van der Waals surface area contributed by atoms with Crippen molar-refractivity contribution in [2.24, 2.45) is 0 Å². The number of hydrogen-bond donors (Lipinski definition) is 2. The first kappa shape index (κ1) is 23.4. The van der Waals surface area contributed by atoms with Crippen LogP contribution >= 0.6 is 0 Å². The summed E-state index contributed by atoms with van der Waals surface area (Å²) in [4.78, 5) is 18.8. The molecule has 35 heavy (non-hydrogen) atoms. The number of morpholine rings is 1. The first-order valence-corrected chi connectivity index (χ1v) is 12.3. The summed E-state index contributed by atoms with van der Waals surface area (Å²) in [6, 6.07) is 13.8. The number of oxazole rings is 1. The van der Waals surface area contributed by atoms with Crippen molar-refractivity contribution >= 4 is 22.7 Å². The number of aromatic nitrogens is 1. The third-order valence-electron chi connectivity index (χ3n) is 6.41. The van der Waals surface area contributed by atoms with E-state index in [9.17, 15) is 4.79 Å². The predicted octanol–water partition coefficient (Wildman–Crippen LogP) is 4.13. The van der Waals surface area contributed by atoms with Crippen LogP contribution in [0.25, 0.3) is 28.3 Å². The number of carbonyl (C=O) groups is 1. The molecule has 8 heteroatoms. The Balaban J connectivity index is 1.30. The molecule has 5 rings (SSSR count). The van der Waals surface area contributed by atoms with Gasteiger partial charge in [0.25, 0.3) is 0 Å². The summed E-state index contributed by atoms with van der Waals surface area (Å²) in [5, 5.41) is 0. The average Bonchev–Trinajstić information content (AvgIpc) is 3.27. The van der Waals surface area contributed by atoms with Crippen molar-refractivity contribution in [1.29, 1.82) is 0 Å². The standard InChI is InChI=1S/C27H32N4O4/c1-4-19-14-25(32)29-30-26(19)20-8-9-23-24(13-20)35-27(28-23)21-6-5-7-22(12-21)33-11-10-31-15-17(2)34-18(3)16-31/h5-9,12-13,17-18,30H,4,10-11,14-16H2,1-3H3,(H,29,32). The van der Waals surface area contributed by atoms with Crippen LogP contribution in [0.4, 0.5) is 0 Å². The van der Waals surface area contributed by atoms with Crippen molar-refractivity contribution in [2.75, 3.05) is 26.2 Å². The van der Waals surface area contributed by atoms with Crippen molar-refractivity contribution in [3.8, 4) is 17.2 Å². The van der Waals surface area contributed by atoms with Crippen LogP contribution in [0.1, 0.15) is 39.2 Å². The lowest BCUT2D eigenvalue weighted by atomic mass is 10.00. The van der Waals surface area contributed by atoms with E-state index in [1.165, 1.54) is 0 Å². The molecular formula is C27H32N4O4. The Hall–Kier alpha value is -3.36. The number of ether oxygens (including phenoxy) is 2. The quantitative estimate of drug-likeness (QED) is 0.530. The zero-order chi connectivity index (χ0) is 24.4. The summed E-state index contributed by atoms with van der Waals surface area (Å²) in [6.45, 7) is 9.60. The summed E-state index contributed by atoms with van der Waals surface area (Å²) >= 11 is 0. The van der Waals surface area contributed by atoms with Crippen molar-refractivity contribution in [1.82, 2.24) is 20.7 Å². The second-order valence-corrected chi connectivity index (χ2v) is 9.28. The Kier molecular flexibility index (Phi) is 6.74. The highest BCUT2D eigenvalue weighted by molar-refractivity contribution is 5.88. The highest BCUT2D eigenvalue weighted by Gasteiger charge is 2.22. The summed E-state index contributed by atoms with van der Waals surface area (Å²) in [5.74, 6) is 1.32. The first-order valence-electron chi connectivity index (χ1n) is 12.3. The van der Waals surface area contributed by atoms with Gasteiger partial charge in [0, 0.05) is 30.8 Å². The van der Waals surface area contributed by atoms with Crippen LogP contribution in [0.15, 0.2) is 52.5 Å². The van der Waals surface area contributed by atoms with Gasteiger partial charge < -0.3 is 13.9 Å². The molecule has 3 aromatic rings. The molecule has 2 aliphatic rings. The van der Waals surface area contributed by atoms with Gasteiger partial charge in [0.1, 0.15) is 17.9 Å². The number of rotatable bonds is 7. The van der Waals surface area contributed by atoms with Crippen molar-refractivity contribution in [2.45, 2.75) is 45.8 Å². The van der Waals surface area contributed by atoms with E-state index in [0.29, 0.717) is 24.5 Å². The lowest BCUT2D eigenvalue weighted by Gasteiger charge is -2.35. The van der Waals surface area contributed by atoms with Gasteiger partial charge in [-0.3, -0.25) is 20.5 Å². The van der Waals surface area contributed by atoms with Gasteiger partial charge in [0.2, 0.25) is 11.8 Å². The van der Waals surface area contributed by atoms with E-state index in [1.807, 2.05) is 42.5 Å². The second-order valence-electron chi connectivity index (χ2n) is 9.28. The molecule has 8 nitrogen and oxygen atoms in total. The fourth-order valence-corrected chi connectivity index (χ4v) is 4.81. The number of nitrogens with one attached hydrogen (secondary N) is 2. The van der Waals surface area contributed by atoms with Crippen molar-refractivity contribution < 1.29 is 18.7 Å². The molecule has 2 unspecified atom stereocenters. The Morgan fingerprint density at radius 1 is 1.09 bits per heavy atom. The monoisotopic (exact) mass is 476 g/mol. The van der Waals surface area contributed by atoms with Gasteiger partial charge in [-0.1, -0.05) is 19.1 Å².